The zero-order valence-corrected chi connectivity index (χ0v) is 14.2. The summed E-state index contributed by atoms with van der Waals surface area (Å²) >= 11 is 0. The summed E-state index contributed by atoms with van der Waals surface area (Å²) in [6, 6.07) is 13.2. The highest BCUT2D eigenvalue weighted by Gasteiger charge is 2.19. The van der Waals surface area contributed by atoms with Gasteiger partial charge in [-0.3, -0.25) is 0 Å². The summed E-state index contributed by atoms with van der Waals surface area (Å²) in [4.78, 5) is 2.16. The molecule has 0 radical (unpaired) electrons. The second-order valence-electron chi connectivity index (χ2n) is 5.68. The monoisotopic (exact) mass is 340 g/mol. The lowest BCUT2D eigenvalue weighted by Gasteiger charge is -2.29. The second kappa shape index (κ2) is 8.96. The van der Waals surface area contributed by atoms with Crippen LogP contribution >= 0.6 is 12.4 Å². The summed E-state index contributed by atoms with van der Waals surface area (Å²) in [6.45, 7) is 3.36. The second-order valence-corrected chi connectivity index (χ2v) is 5.68. The Kier molecular flexibility index (Phi) is 7.62. The molecular weight excluding hydrogens is 318 g/mol. The van der Waals surface area contributed by atoms with Crippen molar-refractivity contribution in [3.8, 4) is 0 Å². The van der Waals surface area contributed by atoms with Crippen molar-refractivity contribution in [3.05, 3.63) is 71.3 Å². The molecule has 1 unspecified atom stereocenters. The molecule has 2 rings (SSSR count). The van der Waals surface area contributed by atoms with Crippen molar-refractivity contribution in [3.63, 3.8) is 0 Å². The zero-order chi connectivity index (χ0) is 16.1. The summed E-state index contributed by atoms with van der Waals surface area (Å²) < 4.78 is 26.3. The van der Waals surface area contributed by atoms with Crippen LogP contribution in [0.3, 0.4) is 0 Å². The predicted octanol–water partition coefficient (Wildman–Crippen LogP) is 3.80. The van der Waals surface area contributed by atoms with E-state index < -0.39 is 0 Å². The Morgan fingerprint density at radius 3 is 1.65 bits per heavy atom. The fraction of sp³-hybridized carbons (Fsp3) is 0.333. The molecule has 0 fully saturated rings. The Hall–Kier alpha value is -1.49. The zero-order valence-electron chi connectivity index (χ0n) is 13.4. The highest BCUT2D eigenvalue weighted by atomic mass is 35.5. The van der Waals surface area contributed by atoms with Crippen LogP contribution in [0.25, 0.3) is 0 Å². The molecule has 0 saturated heterocycles. The van der Waals surface area contributed by atoms with E-state index in [1.165, 1.54) is 24.3 Å². The Morgan fingerprint density at radius 1 is 0.913 bits per heavy atom. The predicted molar refractivity (Wildman–Crippen MR) is 93.0 cm³/mol. The maximum absolute atomic E-state index is 13.2. The first-order chi connectivity index (χ1) is 10.5. The van der Waals surface area contributed by atoms with Crippen LogP contribution < -0.4 is 5.73 Å². The average Bonchev–Trinajstić information content (AvgIpc) is 2.53. The van der Waals surface area contributed by atoms with E-state index in [-0.39, 0.29) is 36.0 Å². The Balaban J connectivity index is 0.00000264. The van der Waals surface area contributed by atoms with Crippen molar-refractivity contribution in [1.29, 1.82) is 0 Å². The number of hydrogen-bond donors (Lipinski definition) is 1. The van der Waals surface area contributed by atoms with Gasteiger partial charge in [-0.15, -0.1) is 12.4 Å². The van der Waals surface area contributed by atoms with Crippen LogP contribution in [0.15, 0.2) is 48.5 Å². The molecule has 2 aromatic rings. The highest BCUT2D eigenvalue weighted by Crippen LogP contribution is 2.26. The molecule has 0 spiro atoms. The topological polar surface area (TPSA) is 29.3 Å². The van der Waals surface area contributed by atoms with E-state index in [1.807, 2.05) is 7.05 Å². The maximum atomic E-state index is 13.2. The molecule has 2 nitrogen and oxygen atoms in total. The van der Waals surface area contributed by atoms with Crippen molar-refractivity contribution in [2.24, 2.45) is 5.73 Å². The molecule has 126 valence electrons. The summed E-state index contributed by atoms with van der Waals surface area (Å²) in [5.74, 6) is -0.476. The van der Waals surface area contributed by atoms with Crippen molar-refractivity contribution < 1.29 is 8.78 Å². The third-order valence-corrected chi connectivity index (χ3v) is 4.11. The normalized spacial score (nSPS) is 12.3. The fourth-order valence-electron chi connectivity index (χ4n) is 2.44. The molecule has 2 N–H and O–H groups in total. The fourth-order valence-corrected chi connectivity index (χ4v) is 2.44. The first-order valence-corrected chi connectivity index (χ1v) is 7.42. The standard InChI is InChI=1S/C18H22F2N2.ClH/c1-13(11-21)22(2)12-18(14-3-7-16(19)8-4-14)15-5-9-17(20)10-6-15;/h3-10,13,18H,11-12,21H2,1-2H3;1H. The van der Waals surface area contributed by atoms with Crippen LogP contribution in [0.1, 0.15) is 24.0 Å². The van der Waals surface area contributed by atoms with Crippen molar-refractivity contribution in [2.75, 3.05) is 20.1 Å². The number of nitrogens with zero attached hydrogens (tertiary/aromatic N) is 1. The molecule has 0 bridgehead atoms. The van der Waals surface area contributed by atoms with Crippen LogP contribution in [-0.4, -0.2) is 31.1 Å². The van der Waals surface area contributed by atoms with Crippen LogP contribution in [-0.2, 0) is 0 Å². The summed E-state index contributed by atoms with van der Waals surface area (Å²) in [5.41, 5.74) is 7.73. The number of likely N-dealkylation sites (N-methyl/N-ethyl adjacent to an activating group) is 1. The number of hydrogen-bond acceptors (Lipinski definition) is 2. The van der Waals surface area contributed by atoms with E-state index >= 15 is 0 Å². The van der Waals surface area contributed by atoms with Gasteiger partial charge >= 0.3 is 0 Å². The van der Waals surface area contributed by atoms with Gasteiger partial charge in [0.05, 0.1) is 0 Å². The Labute approximate surface area is 142 Å². The lowest BCUT2D eigenvalue weighted by atomic mass is 9.90. The molecule has 0 amide bonds. The molecule has 0 heterocycles. The maximum Gasteiger partial charge on any atom is 0.123 e. The Bertz CT molecular complexity index is 541. The number of halogens is 3. The SMILES string of the molecule is CC(CN)N(C)CC(c1ccc(F)cc1)c1ccc(F)cc1.Cl. The van der Waals surface area contributed by atoms with Crippen LogP contribution in [0.4, 0.5) is 8.78 Å². The van der Waals surface area contributed by atoms with Gasteiger partial charge in [0.15, 0.2) is 0 Å². The minimum Gasteiger partial charge on any atom is -0.329 e. The third kappa shape index (κ3) is 5.27. The van der Waals surface area contributed by atoms with E-state index in [0.29, 0.717) is 6.54 Å². The molecule has 0 saturated carbocycles. The number of nitrogens with two attached hydrogens (primary N) is 1. The van der Waals surface area contributed by atoms with Gasteiger partial charge in [0, 0.05) is 25.0 Å². The van der Waals surface area contributed by atoms with Crippen molar-refractivity contribution in [1.82, 2.24) is 4.90 Å². The minimum absolute atomic E-state index is 0. The summed E-state index contributed by atoms with van der Waals surface area (Å²) in [7, 11) is 2.01. The van der Waals surface area contributed by atoms with Gasteiger partial charge in [0.1, 0.15) is 11.6 Å². The van der Waals surface area contributed by atoms with E-state index in [4.69, 9.17) is 5.73 Å². The lowest BCUT2D eigenvalue weighted by molar-refractivity contribution is 0.255. The molecule has 0 aromatic heterocycles. The Morgan fingerprint density at radius 2 is 1.30 bits per heavy atom. The molecule has 2 aromatic carbocycles. The summed E-state index contributed by atoms with van der Waals surface area (Å²) in [5, 5.41) is 0. The highest BCUT2D eigenvalue weighted by molar-refractivity contribution is 5.85. The first kappa shape index (κ1) is 19.6. The smallest absolute Gasteiger partial charge is 0.123 e. The van der Waals surface area contributed by atoms with Gasteiger partial charge < -0.3 is 10.6 Å². The van der Waals surface area contributed by atoms with E-state index in [9.17, 15) is 8.78 Å². The van der Waals surface area contributed by atoms with E-state index in [1.54, 1.807) is 24.3 Å². The molecule has 23 heavy (non-hydrogen) atoms. The minimum atomic E-state index is -0.259. The molecule has 0 aliphatic heterocycles. The van der Waals surface area contributed by atoms with Gasteiger partial charge in [-0.05, 0) is 49.4 Å². The molecule has 1 atom stereocenters. The largest absolute Gasteiger partial charge is 0.329 e. The quantitative estimate of drug-likeness (QED) is 0.866. The third-order valence-electron chi connectivity index (χ3n) is 4.11. The van der Waals surface area contributed by atoms with E-state index in [2.05, 4.69) is 11.8 Å². The van der Waals surface area contributed by atoms with Crippen molar-refractivity contribution in [2.45, 2.75) is 18.9 Å². The van der Waals surface area contributed by atoms with Crippen molar-refractivity contribution >= 4 is 12.4 Å². The van der Waals surface area contributed by atoms with Gasteiger partial charge in [0.2, 0.25) is 0 Å². The molecular formula is C18H23ClF2N2. The van der Waals surface area contributed by atoms with Gasteiger partial charge in [-0.25, -0.2) is 8.78 Å². The van der Waals surface area contributed by atoms with Gasteiger partial charge in [0.25, 0.3) is 0 Å². The number of rotatable bonds is 6. The van der Waals surface area contributed by atoms with Gasteiger partial charge in [-0.2, -0.15) is 0 Å². The van der Waals surface area contributed by atoms with Gasteiger partial charge in [-0.1, -0.05) is 24.3 Å². The van der Waals surface area contributed by atoms with E-state index in [0.717, 1.165) is 17.7 Å². The summed E-state index contributed by atoms with van der Waals surface area (Å²) in [6.07, 6.45) is 0. The van der Waals surface area contributed by atoms with Crippen LogP contribution in [0.5, 0.6) is 0 Å². The molecule has 5 heteroatoms. The lowest BCUT2D eigenvalue weighted by Crippen LogP contribution is -2.38. The average molecular weight is 341 g/mol. The molecule has 0 aliphatic rings. The van der Waals surface area contributed by atoms with Crippen LogP contribution in [0, 0.1) is 11.6 Å². The first-order valence-electron chi connectivity index (χ1n) is 7.42. The van der Waals surface area contributed by atoms with Crippen LogP contribution in [0.2, 0.25) is 0 Å². The number of benzene rings is 2. The molecule has 0 aliphatic carbocycles.